The third-order valence-electron chi connectivity index (χ3n) is 6.20. The maximum absolute atomic E-state index is 13.0. The van der Waals surface area contributed by atoms with Crippen molar-refractivity contribution >= 4 is 23.8 Å². The lowest BCUT2D eigenvalue weighted by molar-refractivity contribution is 0.00853. The normalized spacial score (nSPS) is 15.2. The number of ether oxygens (including phenoxy) is 2. The molecule has 11 nitrogen and oxygen atoms in total. The second kappa shape index (κ2) is 12.0. The van der Waals surface area contributed by atoms with E-state index in [0.29, 0.717) is 41.2 Å². The summed E-state index contributed by atoms with van der Waals surface area (Å²) >= 11 is 0. The second-order valence-corrected chi connectivity index (χ2v) is 10.3. The number of rotatable bonds is 6. The van der Waals surface area contributed by atoms with E-state index in [4.69, 9.17) is 19.7 Å². The van der Waals surface area contributed by atoms with E-state index < -0.39 is 29.6 Å². The van der Waals surface area contributed by atoms with Gasteiger partial charge in [0.2, 0.25) is 0 Å². The molecular weight excluding hydrogens is 512 g/mol. The van der Waals surface area contributed by atoms with Gasteiger partial charge in [0.1, 0.15) is 22.9 Å². The molecule has 11 heteroatoms. The molecule has 2 aromatic heterocycles. The lowest BCUT2D eigenvalue weighted by atomic mass is 10.0. The fraction of sp³-hybridized carbons (Fsp3) is 0.379. The van der Waals surface area contributed by atoms with Crippen molar-refractivity contribution in [1.82, 2.24) is 19.9 Å². The molecule has 1 aromatic carbocycles. The number of piperidine rings is 1. The molecule has 40 heavy (non-hydrogen) atoms. The van der Waals surface area contributed by atoms with Gasteiger partial charge in [-0.2, -0.15) is 5.26 Å². The zero-order valence-electron chi connectivity index (χ0n) is 23.0. The number of nitriles is 1. The third-order valence-corrected chi connectivity index (χ3v) is 6.20. The van der Waals surface area contributed by atoms with Crippen molar-refractivity contribution in [3.63, 3.8) is 0 Å². The van der Waals surface area contributed by atoms with E-state index in [9.17, 15) is 14.4 Å². The Bertz CT molecular complexity index is 1430. The Hall–Kier alpha value is -4.72. The monoisotopic (exact) mass is 544 g/mol. The van der Waals surface area contributed by atoms with Crippen LogP contribution in [0.3, 0.4) is 0 Å². The summed E-state index contributed by atoms with van der Waals surface area (Å²) in [5, 5.41) is 11.7. The number of carbonyl (C=O) groups is 3. The van der Waals surface area contributed by atoms with Gasteiger partial charge in [0, 0.05) is 23.9 Å². The molecule has 1 aliphatic heterocycles. The van der Waals surface area contributed by atoms with Crippen LogP contribution in [-0.4, -0.2) is 56.6 Å². The average molecular weight is 545 g/mol. The lowest BCUT2D eigenvalue weighted by Crippen LogP contribution is -2.42. The Morgan fingerprint density at radius 2 is 1.93 bits per heavy atom. The number of imidazole rings is 1. The minimum Gasteiger partial charge on any atom is -0.461 e. The number of aromatic amines is 1. The number of H-pyrrole nitrogens is 1. The zero-order valence-corrected chi connectivity index (χ0v) is 23.0. The maximum Gasteiger partial charge on any atom is 0.410 e. The molecule has 0 saturated carbocycles. The van der Waals surface area contributed by atoms with Gasteiger partial charge >= 0.3 is 12.1 Å². The number of hydrogen-bond donors (Lipinski definition) is 2. The highest BCUT2D eigenvalue weighted by Crippen LogP contribution is 2.33. The van der Waals surface area contributed by atoms with E-state index in [2.05, 4.69) is 15.3 Å². The standard InChI is InChI=1S/C29H32N6O5/c1-5-39-27(37)24-23(33-25(34-24)21-8-6-7-15-35(21)28(38)40-29(2,3)4)19-9-11-20(12-10-19)26(36)32-22-16-18(17-30)13-14-31-22/h9-14,16,21H,5-8,15H2,1-4H3,(H,33,34)(H,31,32,36)/t21-/m0/s1. The van der Waals surface area contributed by atoms with Crippen LogP contribution in [0.1, 0.15) is 85.2 Å². The van der Waals surface area contributed by atoms with Crippen LogP contribution in [0.4, 0.5) is 10.6 Å². The number of nitrogens with one attached hydrogen (secondary N) is 2. The zero-order chi connectivity index (χ0) is 28.9. The van der Waals surface area contributed by atoms with Gasteiger partial charge in [-0.3, -0.25) is 9.69 Å². The molecule has 2 amide bonds. The number of nitrogens with zero attached hydrogens (tertiary/aromatic N) is 4. The van der Waals surface area contributed by atoms with Gasteiger partial charge in [0.05, 0.1) is 24.3 Å². The van der Waals surface area contributed by atoms with Gasteiger partial charge in [-0.25, -0.2) is 19.6 Å². The van der Waals surface area contributed by atoms with Crippen molar-refractivity contribution in [2.24, 2.45) is 0 Å². The summed E-state index contributed by atoms with van der Waals surface area (Å²) in [6.45, 7) is 7.86. The van der Waals surface area contributed by atoms with E-state index in [1.807, 2.05) is 26.8 Å². The number of esters is 1. The molecule has 208 valence electrons. The summed E-state index contributed by atoms with van der Waals surface area (Å²) in [4.78, 5) is 52.2. The van der Waals surface area contributed by atoms with Crippen molar-refractivity contribution in [2.45, 2.75) is 58.6 Å². The van der Waals surface area contributed by atoms with Gasteiger partial charge in [-0.1, -0.05) is 12.1 Å². The summed E-state index contributed by atoms with van der Waals surface area (Å²) in [6, 6.07) is 11.2. The van der Waals surface area contributed by atoms with Crippen molar-refractivity contribution in [1.29, 1.82) is 5.26 Å². The molecule has 0 unspecified atom stereocenters. The number of hydrogen-bond acceptors (Lipinski definition) is 8. The Labute approximate surface area is 232 Å². The topological polar surface area (TPSA) is 150 Å². The number of amides is 2. The minimum absolute atomic E-state index is 0.168. The predicted molar refractivity (Wildman–Crippen MR) is 146 cm³/mol. The minimum atomic E-state index is -0.647. The van der Waals surface area contributed by atoms with Gasteiger partial charge in [-0.05, 0) is 71.2 Å². The summed E-state index contributed by atoms with van der Waals surface area (Å²) in [7, 11) is 0. The first kappa shape index (κ1) is 28.3. The summed E-state index contributed by atoms with van der Waals surface area (Å²) in [5.41, 5.74) is 1.20. The van der Waals surface area contributed by atoms with Gasteiger partial charge in [-0.15, -0.1) is 0 Å². The highest BCUT2D eigenvalue weighted by atomic mass is 16.6. The molecule has 3 heterocycles. The van der Waals surface area contributed by atoms with Crippen LogP contribution in [0, 0.1) is 11.3 Å². The first-order chi connectivity index (χ1) is 19.1. The van der Waals surface area contributed by atoms with E-state index >= 15 is 0 Å². The molecule has 4 rings (SSSR count). The predicted octanol–water partition coefficient (Wildman–Crippen LogP) is 5.23. The molecule has 0 bridgehead atoms. The van der Waals surface area contributed by atoms with Crippen LogP contribution in [0.15, 0.2) is 42.6 Å². The molecule has 2 N–H and O–H groups in total. The first-order valence-corrected chi connectivity index (χ1v) is 13.1. The average Bonchev–Trinajstić information content (AvgIpc) is 3.38. The third kappa shape index (κ3) is 6.64. The fourth-order valence-electron chi connectivity index (χ4n) is 4.40. The number of pyridine rings is 1. The number of likely N-dealkylation sites (tertiary alicyclic amines) is 1. The largest absolute Gasteiger partial charge is 0.461 e. The maximum atomic E-state index is 13.0. The van der Waals surface area contributed by atoms with Crippen LogP contribution in [0.2, 0.25) is 0 Å². The van der Waals surface area contributed by atoms with Crippen LogP contribution in [0.5, 0.6) is 0 Å². The van der Waals surface area contributed by atoms with E-state index in [0.717, 1.165) is 12.8 Å². The van der Waals surface area contributed by atoms with Crippen molar-refractivity contribution in [2.75, 3.05) is 18.5 Å². The van der Waals surface area contributed by atoms with Gasteiger partial charge < -0.3 is 19.8 Å². The Morgan fingerprint density at radius 3 is 2.60 bits per heavy atom. The fourth-order valence-corrected chi connectivity index (χ4v) is 4.40. The smallest absolute Gasteiger partial charge is 0.410 e. The number of benzene rings is 1. The van der Waals surface area contributed by atoms with Crippen molar-refractivity contribution in [3.05, 3.63) is 65.2 Å². The summed E-state index contributed by atoms with van der Waals surface area (Å²) in [5.74, 6) is -0.246. The second-order valence-electron chi connectivity index (χ2n) is 10.3. The Morgan fingerprint density at radius 1 is 1.18 bits per heavy atom. The summed E-state index contributed by atoms with van der Waals surface area (Å²) in [6.07, 6.45) is 3.41. The molecular formula is C29H32N6O5. The van der Waals surface area contributed by atoms with Gasteiger partial charge in [0.25, 0.3) is 5.91 Å². The van der Waals surface area contributed by atoms with E-state index in [1.54, 1.807) is 42.2 Å². The SMILES string of the molecule is CCOC(=O)c1[nH]c([C@@H]2CCCCN2C(=O)OC(C)(C)C)nc1-c1ccc(C(=O)Nc2cc(C#N)ccn2)cc1. The molecule has 0 spiro atoms. The van der Waals surface area contributed by atoms with Crippen LogP contribution < -0.4 is 5.32 Å². The highest BCUT2D eigenvalue weighted by molar-refractivity contribution is 6.04. The Balaban J connectivity index is 1.62. The molecule has 0 aliphatic carbocycles. The van der Waals surface area contributed by atoms with Gasteiger partial charge in [0.15, 0.2) is 5.69 Å². The quantitative estimate of drug-likeness (QED) is 0.400. The molecule has 3 aromatic rings. The lowest BCUT2D eigenvalue weighted by Gasteiger charge is -2.35. The Kier molecular flexibility index (Phi) is 8.48. The molecule has 1 saturated heterocycles. The van der Waals surface area contributed by atoms with Crippen molar-refractivity contribution < 1.29 is 23.9 Å². The number of carbonyl (C=O) groups excluding carboxylic acids is 3. The summed E-state index contributed by atoms with van der Waals surface area (Å²) < 4.78 is 10.9. The number of aromatic nitrogens is 3. The molecule has 1 fully saturated rings. The first-order valence-electron chi connectivity index (χ1n) is 13.1. The molecule has 0 radical (unpaired) electrons. The highest BCUT2D eigenvalue weighted by Gasteiger charge is 2.34. The molecule has 1 atom stereocenters. The van der Waals surface area contributed by atoms with Crippen LogP contribution in [0.25, 0.3) is 11.3 Å². The van der Waals surface area contributed by atoms with Crippen molar-refractivity contribution in [3.8, 4) is 17.3 Å². The van der Waals surface area contributed by atoms with E-state index in [1.165, 1.54) is 12.3 Å². The number of anilines is 1. The van der Waals surface area contributed by atoms with Crippen LogP contribution in [-0.2, 0) is 9.47 Å². The van der Waals surface area contributed by atoms with Crippen LogP contribution >= 0.6 is 0 Å². The van der Waals surface area contributed by atoms with E-state index in [-0.39, 0.29) is 18.1 Å². The molecule has 1 aliphatic rings.